The van der Waals surface area contributed by atoms with Gasteiger partial charge in [-0.3, -0.25) is 9.69 Å². The van der Waals surface area contributed by atoms with Crippen molar-refractivity contribution in [3.63, 3.8) is 0 Å². The Labute approximate surface area is 203 Å². The van der Waals surface area contributed by atoms with Crippen molar-refractivity contribution in [3.05, 3.63) is 81.4 Å². The number of rotatable bonds is 8. The summed E-state index contributed by atoms with van der Waals surface area (Å²) in [6.45, 7) is 6.27. The number of fused-ring (bicyclic) bond motifs is 1. The maximum atomic E-state index is 13.9. The number of anilines is 2. The number of aliphatic hydroxyl groups is 1. The molecule has 0 spiro atoms. The van der Waals surface area contributed by atoms with Crippen LogP contribution in [0.1, 0.15) is 45.2 Å². The first-order valence-corrected chi connectivity index (χ1v) is 11.3. The van der Waals surface area contributed by atoms with Crippen LogP contribution in [0.3, 0.4) is 0 Å². The number of nitrogens with zero attached hydrogens (tertiary/aromatic N) is 4. The molecule has 2 aromatic carbocycles. The van der Waals surface area contributed by atoms with Crippen LogP contribution in [0.5, 0.6) is 0 Å². The lowest BCUT2D eigenvalue weighted by molar-refractivity contribution is -0.129. The van der Waals surface area contributed by atoms with E-state index < -0.39 is 11.9 Å². The largest absolute Gasteiger partial charge is 0.463 e. The van der Waals surface area contributed by atoms with Gasteiger partial charge >= 0.3 is 0 Å². The molecular weight excluding hydrogens is 449 g/mol. The summed E-state index contributed by atoms with van der Waals surface area (Å²) in [6.07, 6.45) is 1.74. The van der Waals surface area contributed by atoms with E-state index in [0.717, 1.165) is 40.1 Å². The number of benzene rings is 2. The zero-order chi connectivity index (χ0) is 24.9. The monoisotopic (exact) mass is 475 g/mol. The topological polar surface area (TPSA) is 111 Å². The number of ether oxygens (including phenoxy) is 1. The number of halogens is 1. The zero-order valence-corrected chi connectivity index (χ0v) is 19.6. The molecule has 2 N–H and O–H groups in total. The molecule has 9 heteroatoms. The minimum absolute atomic E-state index is 0.0180. The molecule has 0 saturated heterocycles. The van der Waals surface area contributed by atoms with Gasteiger partial charge in [0.2, 0.25) is 5.95 Å². The molecule has 8 nitrogen and oxygen atoms in total. The Hall–Kier alpha value is -3.87. The molecule has 1 aliphatic rings. The zero-order valence-electron chi connectivity index (χ0n) is 19.6. The van der Waals surface area contributed by atoms with Gasteiger partial charge in [-0.2, -0.15) is 5.26 Å². The maximum absolute atomic E-state index is 13.9. The summed E-state index contributed by atoms with van der Waals surface area (Å²) in [5.41, 5.74) is 5.99. The van der Waals surface area contributed by atoms with E-state index in [0.29, 0.717) is 37.6 Å². The maximum Gasteiger partial charge on any atom is 0.293 e. The molecule has 1 aliphatic heterocycles. The van der Waals surface area contributed by atoms with Crippen molar-refractivity contribution < 1.29 is 19.0 Å². The predicted octanol–water partition coefficient (Wildman–Crippen LogP) is 3.61. The molecule has 1 unspecified atom stereocenters. The number of aromatic nitrogens is 2. The number of nitriles is 1. The normalized spacial score (nSPS) is 14.0. The van der Waals surface area contributed by atoms with Crippen LogP contribution >= 0.6 is 0 Å². The highest BCUT2D eigenvalue weighted by Gasteiger charge is 2.23. The third-order valence-corrected chi connectivity index (χ3v) is 6.32. The molecule has 0 bridgehead atoms. The van der Waals surface area contributed by atoms with Gasteiger partial charge in [0.1, 0.15) is 18.5 Å². The molecule has 1 aromatic heterocycles. The van der Waals surface area contributed by atoms with Crippen molar-refractivity contribution in [1.82, 2.24) is 14.9 Å². The van der Waals surface area contributed by atoms with Gasteiger partial charge in [0.25, 0.3) is 6.47 Å². The molecule has 0 fully saturated rings. The van der Waals surface area contributed by atoms with Crippen LogP contribution in [-0.4, -0.2) is 39.5 Å². The summed E-state index contributed by atoms with van der Waals surface area (Å²) in [5, 5.41) is 22.8. The number of carbonyl (C=O) groups excluding carboxylic acids is 1. The van der Waals surface area contributed by atoms with Gasteiger partial charge in [0.15, 0.2) is 0 Å². The van der Waals surface area contributed by atoms with Gasteiger partial charge in [0, 0.05) is 43.5 Å². The van der Waals surface area contributed by atoms with E-state index in [-0.39, 0.29) is 12.2 Å². The van der Waals surface area contributed by atoms with Crippen LogP contribution in [-0.2, 0) is 29.1 Å². The molecular formula is C26H26FN5O3. The van der Waals surface area contributed by atoms with Gasteiger partial charge in [-0.05, 0) is 54.3 Å². The highest BCUT2D eigenvalue weighted by molar-refractivity contribution is 5.55. The van der Waals surface area contributed by atoms with Crippen molar-refractivity contribution in [2.45, 2.75) is 39.5 Å². The van der Waals surface area contributed by atoms with Crippen molar-refractivity contribution in [2.24, 2.45) is 0 Å². The summed E-state index contributed by atoms with van der Waals surface area (Å²) in [5.74, 6) is -0.237. The Bertz CT molecular complexity index is 1290. The Morgan fingerprint density at radius 2 is 2.17 bits per heavy atom. The van der Waals surface area contributed by atoms with Gasteiger partial charge < -0.3 is 15.2 Å². The molecule has 4 rings (SSSR count). The first-order valence-electron chi connectivity index (χ1n) is 11.3. The van der Waals surface area contributed by atoms with Crippen molar-refractivity contribution >= 4 is 18.1 Å². The molecule has 0 amide bonds. The van der Waals surface area contributed by atoms with Gasteiger partial charge in [-0.15, -0.1) is 0 Å². The summed E-state index contributed by atoms with van der Waals surface area (Å²) < 4.78 is 18.8. The van der Waals surface area contributed by atoms with Gasteiger partial charge in [0.05, 0.1) is 17.4 Å². The Balaban J connectivity index is 1.42. The molecule has 180 valence electrons. The Morgan fingerprint density at radius 1 is 1.34 bits per heavy atom. The van der Waals surface area contributed by atoms with E-state index in [9.17, 15) is 14.3 Å². The smallest absolute Gasteiger partial charge is 0.293 e. The number of aryl methyl sites for hydroxylation is 1. The second kappa shape index (κ2) is 10.6. The van der Waals surface area contributed by atoms with Crippen molar-refractivity contribution in [3.8, 4) is 6.07 Å². The van der Waals surface area contributed by atoms with Gasteiger partial charge in [-0.25, -0.2) is 14.4 Å². The first-order chi connectivity index (χ1) is 16.9. The molecule has 35 heavy (non-hydrogen) atoms. The number of hydrogen-bond acceptors (Lipinski definition) is 8. The number of nitrogens with one attached hydrogen (secondary N) is 1. The summed E-state index contributed by atoms with van der Waals surface area (Å²) in [6, 6.07) is 9.91. The lowest BCUT2D eigenvalue weighted by Gasteiger charge is -2.30. The van der Waals surface area contributed by atoms with Crippen LogP contribution < -0.4 is 5.32 Å². The van der Waals surface area contributed by atoms with E-state index in [1.54, 1.807) is 18.3 Å². The molecule has 0 saturated carbocycles. The number of carbonyl (C=O) groups is 1. The van der Waals surface area contributed by atoms with Crippen LogP contribution in [0.15, 0.2) is 36.5 Å². The molecule has 3 aromatic rings. The average Bonchev–Trinajstić information content (AvgIpc) is 2.84. The second-order valence-corrected chi connectivity index (χ2v) is 8.58. The van der Waals surface area contributed by atoms with E-state index >= 15 is 0 Å². The minimum Gasteiger partial charge on any atom is -0.463 e. The Morgan fingerprint density at radius 3 is 2.91 bits per heavy atom. The van der Waals surface area contributed by atoms with Crippen LogP contribution in [0.25, 0.3) is 0 Å². The van der Waals surface area contributed by atoms with E-state index in [4.69, 9.17) is 10.00 Å². The Kier molecular flexibility index (Phi) is 7.34. The first kappa shape index (κ1) is 24.3. The third-order valence-electron chi connectivity index (χ3n) is 6.32. The van der Waals surface area contributed by atoms with E-state index in [1.165, 1.54) is 12.1 Å². The fourth-order valence-corrected chi connectivity index (χ4v) is 4.36. The van der Waals surface area contributed by atoms with Gasteiger partial charge in [-0.1, -0.05) is 12.1 Å². The quantitative estimate of drug-likeness (QED) is 0.476. The highest BCUT2D eigenvalue weighted by atomic mass is 19.1. The fourth-order valence-electron chi connectivity index (χ4n) is 4.36. The number of aliphatic hydroxyl groups excluding tert-OH is 1. The number of hydrogen-bond donors (Lipinski definition) is 2. The summed E-state index contributed by atoms with van der Waals surface area (Å²) in [4.78, 5) is 21.7. The predicted molar refractivity (Wildman–Crippen MR) is 127 cm³/mol. The second-order valence-electron chi connectivity index (χ2n) is 8.58. The SMILES string of the molecule is Cc1ccc(C(O)CN2CCc3nc(Nc4ccc(C#N)c(F)c4)ncc3C2)c(C)c1COC=O. The number of β-amino-alcohol motifs (C(OH)–C–C–N with tert-alkyl or cyclic N) is 1. The summed E-state index contributed by atoms with van der Waals surface area (Å²) >= 11 is 0. The third kappa shape index (κ3) is 5.45. The molecule has 0 radical (unpaired) electrons. The molecule has 1 atom stereocenters. The van der Waals surface area contributed by atoms with E-state index in [1.807, 2.05) is 26.0 Å². The van der Waals surface area contributed by atoms with Crippen LogP contribution in [0.2, 0.25) is 0 Å². The van der Waals surface area contributed by atoms with E-state index in [2.05, 4.69) is 20.2 Å². The van der Waals surface area contributed by atoms with Crippen molar-refractivity contribution in [1.29, 1.82) is 5.26 Å². The standard InChI is InChI=1S/C26H26FN5O3/c1-16-3-6-21(17(2)22(16)14-35-15-33)25(34)13-32-8-7-24-19(12-32)11-29-26(31-24)30-20-5-4-18(10-28)23(27)9-20/h3-6,9,11,15,25,34H,7-8,12-14H2,1-2H3,(H,29,30,31). The minimum atomic E-state index is -0.694. The van der Waals surface area contributed by atoms with Crippen LogP contribution in [0, 0.1) is 31.0 Å². The summed E-state index contributed by atoms with van der Waals surface area (Å²) in [7, 11) is 0. The lowest BCUT2D eigenvalue weighted by atomic mass is 9.94. The average molecular weight is 476 g/mol. The van der Waals surface area contributed by atoms with Crippen molar-refractivity contribution in [2.75, 3.05) is 18.4 Å². The van der Waals surface area contributed by atoms with Crippen LogP contribution in [0.4, 0.5) is 16.0 Å². The molecule has 2 heterocycles. The fraction of sp³-hybridized carbons (Fsp3) is 0.308. The highest BCUT2D eigenvalue weighted by Crippen LogP contribution is 2.27. The molecule has 0 aliphatic carbocycles. The lowest BCUT2D eigenvalue weighted by Crippen LogP contribution is -2.34.